The van der Waals surface area contributed by atoms with Gasteiger partial charge in [0.25, 0.3) is 0 Å². The number of aromatic nitrogens is 2. The van der Waals surface area contributed by atoms with E-state index in [-0.39, 0.29) is 18.4 Å². The van der Waals surface area contributed by atoms with Crippen LogP contribution in [-0.4, -0.2) is 56.6 Å². The molecule has 6 nitrogen and oxygen atoms in total. The van der Waals surface area contributed by atoms with E-state index in [9.17, 15) is 9.59 Å². The summed E-state index contributed by atoms with van der Waals surface area (Å²) in [6.45, 7) is 0.567. The first kappa shape index (κ1) is 18.8. The zero-order valence-electron chi connectivity index (χ0n) is 15.4. The van der Waals surface area contributed by atoms with Crippen LogP contribution in [0.5, 0.6) is 0 Å². The number of hydrogen-bond acceptors (Lipinski definition) is 5. The third-order valence-electron chi connectivity index (χ3n) is 4.55. The number of rotatable bonds is 6. The molecule has 0 radical (unpaired) electrons. The fourth-order valence-corrected chi connectivity index (χ4v) is 4.68. The van der Waals surface area contributed by atoms with Gasteiger partial charge in [-0.3, -0.25) is 9.59 Å². The predicted molar refractivity (Wildman–Crippen MR) is 112 cm³/mol. The Morgan fingerprint density at radius 2 is 2.04 bits per heavy atom. The molecule has 0 saturated carbocycles. The molecule has 0 bridgehead atoms. The Labute approximate surface area is 171 Å². The molecule has 4 rings (SSSR count). The normalized spacial score (nSPS) is 13.9. The van der Waals surface area contributed by atoms with Gasteiger partial charge < -0.3 is 9.80 Å². The van der Waals surface area contributed by atoms with Crippen molar-refractivity contribution >= 4 is 34.9 Å². The third kappa shape index (κ3) is 3.98. The smallest absolute Gasteiger partial charge is 0.242 e. The van der Waals surface area contributed by atoms with Gasteiger partial charge in [0.1, 0.15) is 12.2 Å². The average molecular weight is 413 g/mol. The van der Waals surface area contributed by atoms with Crippen LogP contribution in [0, 0.1) is 0 Å². The van der Waals surface area contributed by atoms with Gasteiger partial charge in [0.2, 0.25) is 11.8 Å². The van der Waals surface area contributed by atoms with Crippen molar-refractivity contribution in [2.45, 2.75) is 6.54 Å². The van der Waals surface area contributed by atoms with E-state index in [1.165, 1.54) is 0 Å². The van der Waals surface area contributed by atoms with Crippen LogP contribution in [0.2, 0.25) is 0 Å². The molecule has 3 heterocycles. The Hall–Kier alpha value is -2.58. The standard InChI is InChI=1S/C20H20N4O2S2/c1-22(18(25)12-23-14-27-13-19(23)26)10-15-11-24(16-6-3-2-4-7-16)21-20(15)17-8-5-9-28-17/h2-9,11H,10,12-14H2,1H3. The van der Waals surface area contributed by atoms with Crippen LogP contribution in [0.1, 0.15) is 5.56 Å². The number of likely N-dealkylation sites (N-methyl/N-ethyl adjacent to an activating group) is 1. The SMILES string of the molecule is CN(Cc1cn(-c2ccccc2)nc1-c1cccs1)C(=O)CN1CSCC1=O. The number of amides is 2. The molecule has 1 aliphatic heterocycles. The summed E-state index contributed by atoms with van der Waals surface area (Å²) in [7, 11) is 1.77. The summed E-state index contributed by atoms with van der Waals surface area (Å²) < 4.78 is 1.85. The molecule has 28 heavy (non-hydrogen) atoms. The number of thioether (sulfide) groups is 1. The van der Waals surface area contributed by atoms with Gasteiger partial charge in [-0.15, -0.1) is 23.1 Å². The van der Waals surface area contributed by atoms with Crippen molar-refractivity contribution in [2.75, 3.05) is 25.2 Å². The molecule has 3 aromatic rings. The van der Waals surface area contributed by atoms with Crippen molar-refractivity contribution in [1.29, 1.82) is 0 Å². The lowest BCUT2D eigenvalue weighted by Crippen LogP contribution is -2.38. The van der Waals surface area contributed by atoms with E-state index < -0.39 is 0 Å². The van der Waals surface area contributed by atoms with Gasteiger partial charge >= 0.3 is 0 Å². The van der Waals surface area contributed by atoms with E-state index in [1.807, 2.05) is 58.7 Å². The molecule has 1 fully saturated rings. The average Bonchev–Trinajstić information content (AvgIpc) is 3.44. The highest BCUT2D eigenvalue weighted by molar-refractivity contribution is 8.00. The van der Waals surface area contributed by atoms with Gasteiger partial charge in [-0.1, -0.05) is 24.3 Å². The zero-order chi connectivity index (χ0) is 19.5. The summed E-state index contributed by atoms with van der Waals surface area (Å²) >= 11 is 3.17. The number of para-hydroxylation sites is 1. The predicted octanol–water partition coefficient (Wildman–Crippen LogP) is 3.09. The van der Waals surface area contributed by atoms with E-state index in [4.69, 9.17) is 5.10 Å². The highest BCUT2D eigenvalue weighted by Gasteiger charge is 2.25. The third-order valence-corrected chi connectivity index (χ3v) is 6.37. The van der Waals surface area contributed by atoms with Crippen molar-refractivity contribution in [3.63, 3.8) is 0 Å². The van der Waals surface area contributed by atoms with Crippen molar-refractivity contribution < 1.29 is 9.59 Å². The van der Waals surface area contributed by atoms with E-state index in [0.29, 0.717) is 18.2 Å². The fraction of sp³-hybridized carbons (Fsp3) is 0.250. The minimum absolute atomic E-state index is 0.0305. The van der Waals surface area contributed by atoms with Crippen LogP contribution < -0.4 is 0 Å². The molecular weight excluding hydrogens is 392 g/mol. The molecule has 2 aromatic heterocycles. The number of thiophene rings is 1. The summed E-state index contributed by atoms with van der Waals surface area (Å²) in [6.07, 6.45) is 1.98. The van der Waals surface area contributed by atoms with Crippen LogP contribution in [0.15, 0.2) is 54.0 Å². The highest BCUT2D eigenvalue weighted by Crippen LogP contribution is 2.28. The van der Waals surface area contributed by atoms with Crippen molar-refractivity contribution in [1.82, 2.24) is 19.6 Å². The lowest BCUT2D eigenvalue weighted by Gasteiger charge is -2.21. The Balaban J connectivity index is 1.56. The van der Waals surface area contributed by atoms with Gasteiger partial charge in [0.05, 0.1) is 22.2 Å². The molecule has 1 saturated heterocycles. The summed E-state index contributed by atoms with van der Waals surface area (Å²) in [5, 5.41) is 6.79. The molecule has 8 heteroatoms. The molecule has 1 aliphatic rings. The summed E-state index contributed by atoms with van der Waals surface area (Å²) in [4.78, 5) is 28.7. The second kappa shape index (κ2) is 8.20. The Morgan fingerprint density at radius 3 is 2.71 bits per heavy atom. The first-order valence-electron chi connectivity index (χ1n) is 8.89. The van der Waals surface area contributed by atoms with E-state index in [0.717, 1.165) is 21.8 Å². The maximum Gasteiger partial charge on any atom is 0.242 e. The molecule has 2 amide bonds. The quantitative estimate of drug-likeness (QED) is 0.624. The lowest BCUT2D eigenvalue weighted by molar-refractivity contribution is -0.137. The van der Waals surface area contributed by atoms with Crippen LogP contribution in [0.3, 0.4) is 0 Å². The largest absolute Gasteiger partial charge is 0.340 e. The van der Waals surface area contributed by atoms with Crippen molar-refractivity contribution in [3.8, 4) is 16.3 Å². The van der Waals surface area contributed by atoms with Gasteiger partial charge in [0, 0.05) is 25.4 Å². The molecule has 0 spiro atoms. The summed E-state index contributed by atoms with van der Waals surface area (Å²) in [5.74, 6) is 1.01. The Bertz CT molecular complexity index is 970. The van der Waals surface area contributed by atoms with Crippen LogP contribution in [-0.2, 0) is 16.1 Å². The maximum absolute atomic E-state index is 12.6. The van der Waals surface area contributed by atoms with Gasteiger partial charge in [-0.2, -0.15) is 5.10 Å². The van der Waals surface area contributed by atoms with Gasteiger partial charge in [-0.05, 0) is 23.6 Å². The van der Waals surface area contributed by atoms with Gasteiger partial charge in [-0.25, -0.2) is 4.68 Å². The fourth-order valence-electron chi connectivity index (χ4n) is 3.03. The molecule has 144 valence electrons. The van der Waals surface area contributed by atoms with Crippen molar-refractivity contribution in [2.24, 2.45) is 0 Å². The number of hydrogen-bond donors (Lipinski definition) is 0. The maximum atomic E-state index is 12.6. The first-order valence-corrected chi connectivity index (χ1v) is 10.9. The van der Waals surface area contributed by atoms with E-state index >= 15 is 0 Å². The van der Waals surface area contributed by atoms with Crippen LogP contribution in [0.25, 0.3) is 16.3 Å². The second-order valence-corrected chi connectivity index (χ2v) is 8.48. The first-order chi connectivity index (χ1) is 13.6. The van der Waals surface area contributed by atoms with E-state index in [2.05, 4.69) is 0 Å². The van der Waals surface area contributed by atoms with Gasteiger partial charge in [0.15, 0.2) is 0 Å². The monoisotopic (exact) mass is 412 g/mol. The lowest BCUT2D eigenvalue weighted by atomic mass is 10.2. The zero-order valence-corrected chi connectivity index (χ0v) is 17.1. The minimum atomic E-state index is -0.0690. The number of carbonyl (C=O) groups is 2. The molecule has 0 unspecified atom stereocenters. The van der Waals surface area contributed by atoms with Crippen molar-refractivity contribution in [3.05, 3.63) is 59.6 Å². The number of nitrogens with zero attached hydrogens (tertiary/aromatic N) is 4. The molecule has 0 aliphatic carbocycles. The number of benzene rings is 1. The minimum Gasteiger partial charge on any atom is -0.340 e. The Morgan fingerprint density at radius 1 is 1.21 bits per heavy atom. The molecular formula is C20H20N4O2S2. The topological polar surface area (TPSA) is 58.4 Å². The molecule has 0 atom stereocenters. The number of carbonyl (C=O) groups excluding carboxylic acids is 2. The highest BCUT2D eigenvalue weighted by atomic mass is 32.2. The van der Waals surface area contributed by atoms with Crippen LogP contribution in [0.4, 0.5) is 0 Å². The second-order valence-electron chi connectivity index (χ2n) is 6.58. The summed E-state index contributed by atoms with van der Waals surface area (Å²) in [5.41, 5.74) is 2.83. The Kier molecular flexibility index (Phi) is 5.50. The molecule has 1 aromatic carbocycles. The molecule has 0 N–H and O–H groups in total. The van der Waals surface area contributed by atoms with E-state index in [1.54, 1.807) is 39.9 Å². The summed E-state index contributed by atoms with van der Waals surface area (Å²) in [6, 6.07) is 14.0. The van der Waals surface area contributed by atoms with Crippen LogP contribution >= 0.6 is 23.1 Å².